The molecule has 4 rings (SSSR count). The number of para-hydroxylation sites is 1. The van der Waals surface area contributed by atoms with Crippen LogP contribution in [0.2, 0.25) is 5.02 Å². The molecule has 0 aliphatic carbocycles. The van der Waals surface area contributed by atoms with Crippen LogP contribution in [-0.4, -0.2) is 32.3 Å². The van der Waals surface area contributed by atoms with E-state index in [9.17, 15) is 22.8 Å². The Morgan fingerprint density at radius 1 is 0.951 bits per heavy atom. The molecule has 2 amide bonds. The first kappa shape index (κ1) is 30.1. The minimum absolute atomic E-state index is 0.0189. The number of hydrogen-bond acceptors (Lipinski definition) is 5. The van der Waals surface area contributed by atoms with Gasteiger partial charge in [-0.2, -0.15) is 13.2 Å². The predicted octanol–water partition coefficient (Wildman–Crippen LogP) is 6.90. The SMILES string of the molecule is CC(C)(C)c1ccc(C(=O)NCc2nnc(SCC(=O)Nc3ccccc3C(F)(F)F)n2-c2cccc(Cl)c2)cc1. The van der Waals surface area contributed by atoms with Gasteiger partial charge < -0.3 is 10.6 Å². The van der Waals surface area contributed by atoms with Gasteiger partial charge >= 0.3 is 6.18 Å². The van der Waals surface area contributed by atoms with Crippen LogP contribution in [0.5, 0.6) is 0 Å². The van der Waals surface area contributed by atoms with E-state index in [1.807, 2.05) is 12.1 Å². The Labute approximate surface area is 244 Å². The fourth-order valence-corrected chi connectivity index (χ4v) is 4.88. The molecule has 41 heavy (non-hydrogen) atoms. The van der Waals surface area contributed by atoms with Crippen molar-refractivity contribution in [1.82, 2.24) is 20.1 Å². The fraction of sp³-hybridized carbons (Fsp3) is 0.241. The molecule has 0 atom stereocenters. The summed E-state index contributed by atoms with van der Waals surface area (Å²) in [4.78, 5) is 25.4. The number of rotatable bonds is 8. The third-order valence-corrected chi connectivity index (χ3v) is 7.19. The molecule has 4 aromatic rings. The van der Waals surface area contributed by atoms with Crippen LogP contribution in [0.15, 0.2) is 78.0 Å². The van der Waals surface area contributed by atoms with E-state index in [0.717, 1.165) is 23.4 Å². The average molecular weight is 602 g/mol. The van der Waals surface area contributed by atoms with Gasteiger partial charge in [0.1, 0.15) is 0 Å². The highest BCUT2D eigenvalue weighted by molar-refractivity contribution is 7.99. The zero-order valence-corrected chi connectivity index (χ0v) is 24.0. The van der Waals surface area contributed by atoms with E-state index in [2.05, 4.69) is 41.6 Å². The van der Waals surface area contributed by atoms with Crippen molar-refractivity contribution in [2.45, 2.75) is 44.1 Å². The largest absolute Gasteiger partial charge is 0.418 e. The monoisotopic (exact) mass is 601 g/mol. The molecule has 2 N–H and O–H groups in total. The van der Waals surface area contributed by atoms with Gasteiger partial charge in [0.25, 0.3) is 5.91 Å². The second-order valence-electron chi connectivity index (χ2n) is 10.1. The summed E-state index contributed by atoms with van der Waals surface area (Å²) in [6, 6.07) is 18.9. The third kappa shape index (κ3) is 7.68. The summed E-state index contributed by atoms with van der Waals surface area (Å²) in [6.45, 7) is 6.29. The van der Waals surface area contributed by atoms with Crippen molar-refractivity contribution in [1.29, 1.82) is 0 Å². The Morgan fingerprint density at radius 3 is 2.32 bits per heavy atom. The van der Waals surface area contributed by atoms with Crippen LogP contribution in [0.25, 0.3) is 5.69 Å². The number of aromatic nitrogens is 3. The number of carbonyl (C=O) groups excluding carboxylic acids is 2. The van der Waals surface area contributed by atoms with Crippen molar-refractivity contribution in [2.24, 2.45) is 0 Å². The molecule has 0 fully saturated rings. The zero-order valence-electron chi connectivity index (χ0n) is 22.4. The molecule has 0 saturated carbocycles. The topological polar surface area (TPSA) is 88.9 Å². The van der Waals surface area contributed by atoms with Crippen molar-refractivity contribution in [3.63, 3.8) is 0 Å². The van der Waals surface area contributed by atoms with Crippen molar-refractivity contribution in [3.8, 4) is 5.69 Å². The molecule has 7 nitrogen and oxygen atoms in total. The lowest BCUT2D eigenvalue weighted by Gasteiger charge is -2.19. The van der Waals surface area contributed by atoms with Gasteiger partial charge in [-0.05, 0) is 53.4 Å². The number of hydrogen-bond donors (Lipinski definition) is 2. The maximum absolute atomic E-state index is 13.3. The lowest BCUT2D eigenvalue weighted by atomic mass is 9.87. The highest BCUT2D eigenvalue weighted by atomic mass is 35.5. The van der Waals surface area contributed by atoms with Crippen LogP contribution in [-0.2, 0) is 22.9 Å². The highest BCUT2D eigenvalue weighted by Crippen LogP contribution is 2.34. The first-order chi connectivity index (χ1) is 19.3. The van der Waals surface area contributed by atoms with Crippen LogP contribution < -0.4 is 10.6 Å². The summed E-state index contributed by atoms with van der Waals surface area (Å²) >= 11 is 7.19. The van der Waals surface area contributed by atoms with Gasteiger partial charge in [-0.3, -0.25) is 14.2 Å². The summed E-state index contributed by atoms with van der Waals surface area (Å²) in [7, 11) is 0. The first-order valence-corrected chi connectivity index (χ1v) is 13.9. The van der Waals surface area contributed by atoms with Gasteiger partial charge in [0.2, 0.25) is 5.91 Å². The molecule has 0 unspecified atom stereocenters. The Bertz CT molecular complexity index is 1550. The number of nitrogens with zero attached hydrogens (tertiary/aromatic N) is 3. The number of anilines is 1. The van der Waals surface area contributed by atoms with E-state index in [0.29, 0.717) is 27.3 Å². The van der Waals surface area contributed by atoms with E-state index in [4.69, 9.17) is 11.6 Å². The van der Waals surface area contributed by atoms with Gasteiger partial charge in [-0.1, -0.05) is 74.5 Å². The highest BCUT2D eigenvalue weighted by Gasteiger charge is 2.33. The van der Waals surface area contributed by atoms with Crippen molar-refractivity contribution < 1.29 is 22.8 Å². The quantitative estimate of drug-likeness (QED) is 0.215. The van der Waals surface area contributed by atoms with Crippen molar-refractivity contribution in [3.05, 3.63) is 100 Å². The average Bonchev–Trinajstić information content (AvgIpc) is 3.32. The Kier molecular flexibility index (Phi) is 9.08. The van der Waals surface area contributed by atoms with E-state index in [1.165, 1.54) is 18.2 Å². The van der Waals surface area contributed by atoms with Gasteiger partial charge in [0.15, 0.2) is 11.0 Å². The molecule has 12 heteroatoms. The van der Waals surface area contributed by atoms with E-state index < -0.39 is 17.6 Å². The number of benzene rings is 3. The predicted molar refractivity (Wildman–Crippen MR) is 153 cm³/mol. The van der Waals surface area contributed by atoms with E-state index in [1.54, 1.807) is 41.0 Å². The molecule has 1 heterocycles. The molecule has 0 aliphatic rings. The zero-order chi connectivity index (χ0) is 29.8. The summed E-state index contributed by atoms with van der Waals surface area (Å²) in [6.07, 6.45) is -4.61. The second-order valence-corrected chi connectivity index (χ2v) is 11.5. The number of alkyl halides is 3. The van der Waals surface area contributed by atoms with Crippen LogP contribution in [0.1, 0.15) is 48.1 Å². The molecule has 0 bridgehead atoms. The lowest BCUT2D eigenvalue weighted by molar-refractivity contribution is -0.137. The van der Waals surface area contributed by atoms with Crippen LogP contribution in [0.3, 0.4) is 0 Å². The molecule has 3 aromatic carbocycles. The number of carbonyl (C=O) groups is 2. The number of amides is 2. The van der Waals surface area contributed by atoms with Crippen molar-refractivity contribution >= 4 is 40.9 Å². The summed E-state index contributed by atoms with van der Waals surface area (Å²) in [5.41, 5.74) is 0.855. The summed E-state index contributed by atoms with van der Waals surface area (Å²) in [5, 5.41) is 14.3. The first-order valence-electron chi connectivity index (χ1n) is 12.5. The lowest BCUT2D eigenvalue weighted by Crippen LogP contribution is -2.25. The van der Waals surface area contributed by atoms with Crippen molar-refractivity contribution in [2.75, 3.05) is 11.1 Å². The molecule has 0 radical (unpaired) electrons. The normalized spacial score (nSPS) is 11.8. The standard InChI is InChI=1S/C29H27ClF3N5O2S/c1-28(2,3)19-13-11-18(12-14-19)26(40)34-16-24-36-37-27(38(24)21-8-6-7-20(30)15-21)41-17-25(39)35-23-10-5-4-9-22(23)29(31,32)33/h4-15H,16-17H2,1-3H3,(H,34,40)(H,35,39). The molecular formula is C29H27ClF3N5O2S. The minimum Gasteiger partial charge on any atom is -0.345 e. The Balaban J connectivity index is 1.50. The second kappa shape index (κ2) is 12.4. The molecule has 0 aliphatic heterocycles. The molecule has 214 valence electrons. The minimum atomic E-state index is -4.61. The maximum Gasteiger partial charge on any atom is 0.418 e. The third-order valence-electron chi connectivity index (χ3n) is 6.03. The van der Waals surface area contributed by atoms with Gasteiger partial charge in [-0.15, -0.1) is 10.2 Å². The summed E-state index contributed by atoms with van der Waals surface area (Å²) < 4.78 is 41.6. The maximum atomic E-state index is 13.3. The molecule has 0 spiro atoms. The van der Waals surface area contributed by atoms with Crippen LogP contribution in [0, 0.1) is 0 Å². The number of halogens is 4. The van der Waals surface area contributed by atoms with Crippen LogP contribution >= 0.6 is 23.4 Å². The van der Waals surface area contributed by atoms with Gasteiger partial charge in [-0.25, -0.2) is 0 Å². The Morgan fingerprint density at radius 2 is 1.66 bits per heavy atom. The number of nitrogens with one attached hydrogen (secondary N) is 2. The molecule has 1 aromatic heterocycles. The molecule has 0 saturated heterocycles. The van der Waals surface area contributed by atoms with E-state index >= 15 is 0 Å². The smallest absolute Gasteiger partial charge is 0.345 e. The summed E-state index contributed by atoms with van der Waals surface area (Å²) in [5.74, 6) is -0.821. The fourth-order valence-electron chi connectivity index (χ4n) is 3.92. The van der Waals surface area contributed by atoms with E-state index in [-0.39, 0.29) is 29.3 Å². The van der Waals surface area contributed by atoms with Gasteiger partial charge in [0, 0.05) is 10.6 Å². The van der Waals surface area contributed by atoms with Crippen LogP contribution in [0.4, 0.5) is 18.9 Å². The van der Waals surface area contributed by atoms with Gasteiger partial charge in [0.05, 0.1) is 29.2 Å². The number of thioether (sulfide) groups is 1. The Hall–Kier alpha value is -3.83. The molecular weight excluding hydrogens is 575 g/mol.